The first-order chi connectivity index (χ1) is 9.20. The molecule has 19 heavy (non-hydrogen) atoms. The molecule has 1 aromatic rings. The lowest BCUT2D eigenvalue weighted by molar-refractivity contribution is 0.338. The van der Waals surface area contributed by atoms with Gasteiger partial charge < -0.3 is 15.0 Å². The predicted octanol–water partition coefficient (Wildman–Crippen LogP) is 2.83. The number of rotatable bonds is 6. The normalized spacial score (nSPS) is 18.6. The molecule has 1 atom stereocenters. The molecule has 1 fully saturated rings. The highest BCUT2D eigenvalue weighted by molar-refractivity contribution is 5.52. The summed E-state index contributed by atoms with van der Waals surface area (Å²) >= 11 is 0. The highest BCUT2D eigenvalue weighted by Crippen LogP contribution is 2.24. The van der Waals surface area contributed by atoms with Crippen LogP contribution in [0.1, 0.15) is 25.3 Å². The van der Waals surface area contributed by atoms with Crippen LogP contribution in [-0.2, 0) is 0 Å². The van der Waals surface area contributed by atoms with Crippen molar-refractivity contribution in [3.05, 3.63) is 23.8 Å². The van der Waals surface area contributed by atoms with Gasteiger partial charge in [0, 0.05) is 19.3 Å². The van der Waals surface area contributed by atoms with Crippen LogP contribution >= 0.6 is 0 Å². The number of ether oxygens (including phenoxy) is 1. The fourth-order valence-corrected chi connectivity index (χ4v) is 2.65. The van der Waals surface area contributed by atoms with Crippen LogP contribution in [0.3, 0.4) is 0 Å². The summed E-state index contributed by atoms with van der Waals surface area (Å²) in [6.45, 7) is 8.37. The Bertz CT molecular complexity index is 400. The molecule has 1 heterocycles. The maximum absolute atomic E-state index is 5.59. The van der Waals surface area contributed by atoms with Crippen LogP contribution in [-0.4, -0.2) is 33.3 Å². The van der Waals surface area contributed by atoms with Crippen molar-refractivity contribution in [3.8, 4) is 5.75 Å². The van der Waals surface area contributed by atoms with Crippen molar-refractivity contribution >= 4 is 5.69 Å². The van der Waals surface area contributed by atoms with Crippen molar-refractivity contribution in [2.45, 2.75) is 26.7 Å². The van der Waals surface area contributed by atoms with Crippen LogP contribution in [0.25, 0.3) is 0 Å². The molecule has 1 saturated heterocycles. The summed E-state index contributed by atoms with van der Waals surface area (Å²) in [6.07, 6.45) is 2.60. The van der Waals surface area contributed by atoms with Crippen LogP contribution in [0.4, 0.5) is 5.69 Å². The highest BCUT2D eigenvalue weighted by Gasteiger charge is 2.15. The first kappa shape index (κ1) is 14.2. The van der Waals surface area contributed by atoms with Crippen LogP contribution in [0.2, 0.25) is 0 Å². The molecule has 1 unspecified atom stereocenters. The van der Waals surface area contributed by atoms with E-state index in [0.717, 1.165) is 24.8 Å². The largest absolute Gasteiger partial charge is 0.494 e. The van der Waals surface area contributed by atoms with E-state index in [-0.39, 0.29) is 0 Å². The lowest BCUT2D eigenvalue weighted by Gasteiger charge is -2.22. The number of nitrogens with one attached hydrogen (secondary N) is 1. The van der Waals surface area contributed by atoms with E-state index >= 15 is 0 Å². The summed E-state index contributed by atoms with van der Waals surface area (Å²) in [6, 6.07) is 6.46. The van der Waals surface area contributed by atoms with Gasteiger partial charge in [0.1, 0.15) is 5.75 Å². The zero-order valence-electron chi connectivity index (χ0n) is 12.4. The smallest absolute Gasteiger partial charge is 0.122 e. The molecule has 2 rings (SSSR count). The molecule has 1 aliphatic heterocycles. The third kappa shape index (κ3) is 3.87. The van der Waals surface area contributed by atoms with Gasteiger partial charge in [0.25, 0.3) is 0 Å². The van der Waals surface area contributed by atoms with Crippen LogP contribution in [0.5, 0.6) is 5.75 Å². The van der Waals surface area contributed by atoms with Gasteiger partial charge in [-0.3, -0.25) is 0 Å². The van der Waals surface area contributed by atoms with E-state index in [1.807, 2.05) is 6.92 Å². The van der Waals surface area contributed by atoms with Gasteiger partial charge in [0.2, 0.25) is 0 Å². The fourth-order valence-electron chi connectivity index (χ4n) is 2.65. The maximum Gasteiger partial charge on any atom is 0.122 e. The Balaban J connectivity index is 1.90. The van der Waals surface area contributed by atoms with E-state index in [9.17, 15) is 0 Å². The summed E-state index contributed by atoms with van der Waals surface area (Å²) < 4.78 is 5.59. The van der Waals surface area contributed by atoms with Crippen molar-refractivity contribution in [1.82, 2.24) is 5.32 Å². The van der Waals surface area contributed by atoms with Gasteiger partial charge in [0.15, 0.2) is 0 Å². The minimum Gasteiger partial charge on any atom is -0.494 e. The van der Waals surface area contributed by atoms with Gasteiger partial charge in [-0.05, 0) is 69.5 Å². The Labute approximate surface area is 116 Å². The number of nitrogens with zero attached hydrogens (tertiary/aromatic N) is 1. The van der Waals surface area contributed by atoms with Crippen molar-refractivity contribution in [1.29, 1.82) is 0 Å². The topological polar surface area (TPSA) is 24.5 Å². The standard InChI is InChI=1S/C16H26N2O/c1-4-19-16-6-5-15(11-13(16)2)18(3)10-8-14-7-9-17-12-14/h5-6,11,14,17H,4,7-10,12H2,1-3H3. The Kier molecular flexibility index (Phi) is 5.08. The van der Waals surface area contributed by atoms with E-state index in [1.165, 1.54) is 37.2 Å². The molecule has 1 N–H and O–H groups in total. The molecular formula is C16H26N2O. The minimum atomic E-state index is 0.727. The molecule has 0 spiro atoms. The molecule has 0 aromatic heterocycles. The Morgan fingerprint density at radius 2 is 2.26 bits per heavy atom. The molecule has 1 aliphatic rings. The van der Waals surface area contributed by atoms with Gasteiger partial charge in [-0.15, -0.1) is 0 Å². The number of benzene rings is 1. The van der Waals surface area contributed by atoms with E-state index in [4.69, 9.17) is 4.74 Å². The zero-order chi connectivity index (χ0) is 13.7. The third-order valence-corrected chi connectivity index (χ3v) is 3.93. The van der Waals surface area contributed by atoms with Crippen molar-refractivity contribution in [2.75, 3.05) is 38.2 Å². The number of anilines is 1. The Morgan fingerprint density at radius 1 is 1.42 bits per heavy atom. The van der Waals surface area contributed by atoms with Gasteiger partial charge in [-0.2, -0.15) is 0 Å². The monoisotopic (exact) mass is 262 g/mol. The number of aryl methyl sites for hydroxylation is 1. The van der Waals surface area contributed by atoms with Crippen LogP contribution in [0, 0.1) is 12.8 Å². The summed E-state index contributed by atoms with van der Waals surface area (Å²) in [5.41, 5.74) is 2.50. The molecule has 3 heteroatoms. The Hall–Kier alpha value is -1.22. The molecular weight excluding hydrogens is 236 g/mol. The summed E-state index contributed by atoms with van der Waals surface area (Å²) in [5, 5.41) is 3.43. The first-order valence-electron chi connectivity index (χ1n) is 7.36. The van der Waals surface area contributed by atoms with Gasteiger partial charge in [-0.1, -0.05) is 0 Å². The molecule has 0 saturated carbocycles. The quantitative estimate of drug-likeness (QED) is 0.853. The van der Waals surface area contributed by atoms with Crippen LogP contribution in [0.15, 0.2) is 18.2 Å². The van der Waals surface area contributed by atoms with Crippen molar-refractivity contribution < 1.29 is 4.74 Å². The van der Waals surface area contributed by atoms with E-state index < -0.39 is 0 Å². The lowest BCUT2D eigenvalue weighted by atomic mass is 10.0. The molecule has 3 nitrogen and oxygen atoms in total. The number of hydrogen-bond donors (Lipinski definition) is 1. The second kappa shape index (κ2) is 6.80. The zero-order valence-corrected chi connectivity index (χ0v) is 12.4. The van der Waals surface area contributed by atoms with E-state index in [0.29, 0.717) is 0 Å². The van der Waals surface area contributed by atoms with Crippen molar-refractivity contribution in [3.63, 3.8) is 0 Å². The second-order valence-electron chi connectivity index (χ2n) is 5.45. The van der Waals surface area contributed by atoms with Gasteiger partial charge >= 0.3 is 0 Å². The summed E-state index contributed by atoms with van der Waals surface area (Å²) in [5.74, 6) is 1.85. The van der Waals surface area contributed by atoms with Gasteiger partial charge in [-0.25, -0.2) is 0 Å². The maximum atomic E-state index is 5.59. The molecule has 0 amide bonds. The highest BCUT2D eigenvalue weighted by atomic mass is 16.5. The van der Waals surface area contributed by atoms with E-state index in [2.05, 4.69) is 42.4 Å². The minimum absolute atomic E-state index is 0.727. The van der Waals surface area contributed by atoms with E-state index in [1.54, 1.807) is 0 Å². The summed E-state index contributed by atoms with van der Waals surface area (Å²) in [4.78, 5) is 2.35. The summed E-state index contributed by atoms with van der Waals surface area (Å²) in [7, 11) is 2.18. The molecule has 1 aromatic carbocycles. The predicted molar refractivity (Wildman–Crippen MR) is 81.2 cm³/mol. The van der Waals surface area contributed by atoms with Gasteiger partial charge in [0.05, 0.1) is 6.61 Å². The lowest BCUT2D eigenvalue weighted by Crippen LogP contribution is -2.22. The average molecular weight is 262 g/mol. The Morgan fingerprint density at radius 3 is 2.89 bits per heavy atom. The molecule has 0 radical (unpaired) electrons. The fraction of sp³-hybridized carbons (Fsp3) is 0.625. The average Bonchev–Trinajstić information content (AvgIpc) is 2.91. The third-order valence-electron chi connectivity index (χ3n) is 3.93. The number of hydrogen-bond acceptors (Lipinski definition) is 3. The van der Waals surface area contributed by atoms with Crippen molar-refractivity contribution in [2.24, 2.45) is 5.92 Å². The first-order valence-corrected chi connectivity index (χ1v) is 7.36. The van der Waals surface area contributed by atoms with Crippen LogP contribution < -0.4 is 15.0 Å². The second-order valence-corrected chi connectivity index (χ2v) is 5.45. The molecule has 106 valence electrons. The molecule has 0 bridgehead atoms. The molecule has 0 aliphatic carbocycles. The SMILES string of the molecule is CCOc1ccc(N(C)CCC2CCNC2)cc1C.